The summed E-state index contributed by atoms with van der Waals surface area (Å²) in [5.41, 5.74) is 0. The Kier molecular flexibility index (Phi) is 0.705. The van der Waals surface area contributed by atoms with Gasteiger partial charge in [-0.3, -0.25) is 0 Å². The molecular weight excluding hydrogens is 154 g/mol. The first-order chi connectivity index (χ1) is 2.63. The number of alkyl halides is 3. The molecule has 0 aromatic rings. The minimum atomic E-state index is -2.38. The molecule has 0 heterocycles. The summed E-state index contributed by atoms with van der Waals surface area (Å²) in [7, 11) is 0. The second-order valence-corrected chi connectivity index (χ2v) is 2.54. The van der Waals surface area contributed by atoms with E-state index in [1.54, 1.807) is 0 Å². The smallest absolute Gasteiger partial charge is 0.206 e. The summed E-state index contributed by atoms with van der Waals surface area (Å²) in [4.78, 5) is -0.523. The Hall–Kier alpha value is 0.340. The van der Waals surface area contributed by atoms with Crippen LogP contribution in [0.4, 0.5) is 8.78 Å². The standard InChI is InChI=1S/C3H3BrF2/c4-2-1-3(2,5)6/h2H,1H2. The maximum absolute atomic E-state index is 11.5. The summed E-state index contributed by atoms with van der Waals surface area (Å²) in [5, 5.41) is 0. The monoisotopic (exact) mass is 156 g/mol. The highest BCUT2D eigenvalue weighted by atomic mass is 79.9. The van der Waals surface area contributed by atoms with Crippen molar-refractivity contribution in [2.45, 2.75) is 17.2 Å². The van der Waals surface area contributed by atoms with Crippen LogP contribution in [0.1, 0.15) is 6.42 Å². The molecule has 0 nitrogen and oxygen atoms in total. The fraction of sp³-hybridized carbons (Fsp3) is 1.00. The van der Waals surface area contributed by atoms with E-state index in [0.29, 0.717) is 0 Å². The van der Waals surface area contributed by atoms with E-state index in [4.69, 9.17) is 0 Å². The fourth-order valence-corrected chi connectivity index (χ4v) is 0.612. The van der Waals surface area contributed by atoms with Crippen molar-refractivity contribution in [1.82, 2.24) is 0 Å². The molecule has 0 radical (unpaired) electrons. The highest BCUT2D eigenvalue weighted by molar-refractivity contribution is 9.09. The van der Waals surface area contributed by atoms with Crippen LogP contribution >= 0.6 is 15.9 Å². The van der Waals surface area contributed by atoms with E-state index in [1.165, 1.54) is 0 Å². The van der Waals surface area contributed by atoms with E-state index in [9.17, 15) is 8.78 Å². The molecule has 0 bridgehead atoms. The molecule has 0 aliphatic heterocycles. The molecule has 0 N–H and O–H groups in total. The Labute approximate surface area is 42.7 Å². The molecule has 0 spiro atoms. The average molecular weight is 157 g/mol. The molecule has 1 fully saturated rings. The summed E-state index contributed by atoms with van der Waals surface area (Å²) in [6, 6.07) is 0. The zero-order valence-electron chi connectivity index (χ0n) is 2.92. The van der Waals surface area contributed by atoms with Crippen molar-refractivity contribution < 1.29 is 8.78 Å². The maximum atomic E-state index is 11.5. The summed E-state index contributed by atoms with van der Waals surface area (Å²) in [6.45, 7) is 0. The lowest BCUT2D eigenvalue weighted by Gasteiger charge is -1.80. The van der Waals surface area contributed by atoms with Crippen molar-refractivity contribution in [3.63, 3.8) is 0 Å². The van der Waals surface area contributed by atoms with Crippen LogP contribution in [-0.2, 0) is 0 Å². The third kappa shape index (κ3) is 0.555. The molecule has 1 unspecified atom stereocenters. The van der Waals surface area contributed by atoms with Crippen molar-refractivity contribution in [2.24, 2.45) is 0 Å². The van der Waals surface area contributed by atoms with Gasteiger partial charge in [0.05, 0.1) is 4.83 Å². The number of hydrogen-bond acceptors (Lipinski definition) is 0. The molecule has 0 aromatic carbocycles. The second-order valence-electron chi connectivity index (χ2n) is 1.43. The summed E-state index contributed by atoms with van der Waals surface area (Å²) in [5.74, 6) is -2.38. The highest BCUT2D eigenvalue weighted by Gasteiger charge is 2.55. The van der Waals surface area contributed by atoms with E-state index >= 15 is 0 Å². The lowest BCUT2D eigenvalue weighted by molar-refractivity contribution is 0.123. The van der Waals surface area contributed by atoms with Gasteiger partial charge in [0.25, 0.3) is 5.92 Å². The molecule has 36 valence electrons. The lowest BCUT2D eigenvalue weighted by atomic mass is 10.8. The SMILES string of the molecule is FC1(F)CC1Br. The molecule has 1 rings (SSSR count). The zero-order valence-corrected chi connectivity index (χ0v) is 4.50. The van der Waals surface area contributed by atoms with Gasteiger partial charge in [-0.05, 0) is 0 Å². The molecule has 6 heavy (non-hydrogen) atoms. The van der Waals surface area contributed by atoms with Crippen LogP contribution in [0, 0.1) is 0 Å². The fourth-order valence-electron chi connectivity index (χ4n) is 0.180. The van der Waals surface area contributed by atoms with Crippen molar-refractivity contribution in [2.75, 3.05) is 0 Å². The van der Waals surface area contributed by atoms with Gasteiger partial charge in [-0.2, -0.15) is 0 Å². The Morgan fingerprint density at radius 1 is 1.67 bits per heavy atom. The Balaban J connectivity index is 2.41. The van der Waals surface area contributed by atoms with Crippen molar-refractivity contribution in [3.05, 3.63) is 0 Å². The van der Waals surface area contributed by atoms with Gasteiger partial charge in [-0.25, -0.2) is 8.78 Å². The van der Waals surface area contributed by atoms with Crippen LogP contribution in [0.2, 0.25) is 0 Å². The van der Waals surface area contributed by atoms with E-state index in [1.807, 2.05) is 0 Å². The van der Waals surface area contributed by atoms with E-state index in [-0.39, 0.29) is 6.42 Å². The van der Waals surface area contributed by atoms with Crippen LogP contribution in [0.15, 0.2) is 0 Å². The minimum absolute atomic E-state index is 0.0208. The predicted octanol–water partition coefficient (Wildman–Crippen LogP) is 1.79. The van der Waals surface area contributed by atoms with Crippen LogP contribution in [0.25, 0.3) is 0 Å². The quantitative estimate of drug-likeness (QED) is 0.470. The molecule has 3 heteroatoms. The first-order valence-corrected chi connectivity index (χ1v) is 2.56. The van der Waals surface area contributed by atoms with Gasteiger partial charge in [0.1, 0.15) is 0 Å². The van der Waals surface area contributed by atoms with Gasteiger partial charge in [0.15, 0.2) is 0 Å². The second kappa shape index (κ2) is 0.941. The van der Waals surface area contributed by atoms with Crippen molar-refractivity contribution in [1.29, 1.82) is 0 Å². The average Bonchev–Trinajstić information content (AvgIpc) is 1.73. The first-order valence-electron chi connectivity index (χ1n) is 1.65. The number of hydrogen-bond donors (Lipinski definition) is 0. The number of halogens is 3. The largest absolute Gasteiger partial charge is 0.261 e. The van der Waals surface area contributed by atoms with Gasteiger partial charge in [-0.1, -0.05) is 15.9 Å². The molecule has 0 saturated heterocycles. The topological polar surface area (TPSA) is 0 Å². The minimum Gasteiger partial charge on any atom is -0.206 e. The van der Waals surface area contributed by atoms with Gasteiger partial charge in [0, 0.05) is 6.42 Å². The molecule has 0 amide bonds. The van der Waals surface area contributed by atoms with E-state index < -0.39 is 10.7 Å². The third-order valence-corrected chi connectivity index (χ3v) is 1.74. The summed E-state index contributed by atoms with van der Waals surface area (Å²) < 4.78 is 23.0. The Morgan fingerprint density at radius 3 is 1.83 bits per heavy atom. The van der Waals surface area contributed by atoms with Gasteiger partial charge >= 0.3 is 0 Å². The van der Waals surface area contributed by atoms with E-state index in [0.717, 1.165) is 0 Å². The molecule has 1 aliphatic carbocycles. The van der Waals surface area contributed by atoms with Gasteiger partial charge in [0.2, 0.25) is 0 Å². The van der Waals surface area contributed by atoms with Crippen molar-refractivity contribution in [3.8, 4) is 0 Å². The molecule has 1 atom stereocenters. The van der Waals surface area contributed by atoms with E-state index in [2.05, 4.69) is 15.9 Å². The summed E-state index contributed by atoms with van der Waals surface area (Å²) in [6.07, 6.45) is 0.0208. The lowest BCUT2D eigenvalue weighted by Crippen LogP contribution is -1.88. The number of rotatable bonds is 0. The van der Waals surface area contributed by atoms with Crippen molar-refractivity contribution >= 4 is 15.9 Å². The Bertz CT molecular complexity index is 71.2. The first kappa shape index (κ1) is 4.50. The summed E-state index contributed by atoms with van der Waals surface area (Å²) >= 11 is 2.75. The zero-order chi connectivity index (χ0) is 4.78. The van der Waals surface area contributed by atoms with Gasteiger partial charge < -0.3 is 0 Å². The van der Waals surface area contributed by atoms with Crippen LogP contribution in [-0.4, -0.2) is 10.7 Å². The molecular formula is C3H3BrF2. The molecule has 1 aliphatic rings. The van der Waals surface area contributed by atoms with Crippen LogP contribution in [0.5, 0.6) is 0 Å². The van der Waals surface area contributed by atoms with Gasteiger partial charge in [-0.15, -0.1) is 0 Å². The molecule has 1 saturated carbocycles. The highest BCUT2D eigenvalue weighted by Crippen LogP contribution is 2.47. The third-order valence-electron chi connectivity index (χ3n) is 0.750. The molecule has 0 aromatic heterocycles. The predicted molar refractivity (Wildman–Crippen MR) is 22.3 cm³/mol. The van der Waals surface area contributed by atoms with Crippen LogP contribution < -0.4 is 0 Å². The Morgan fingerprint density at radius 2 is 1.83 bits per heavy atom. The maximum Gasteiger partial charge on any atom is 0.261 e. The normalized spacial score (nSPS) is 39.5. The van der Waals surface area contributed by atoms with Crippen LogP contribution in [0.3, 0.4) is 0 Å².